The number of carbonyl (C=O) groups is 1. The molecule has 23 heavy (non-hydrogen) atoms. The Morgan fingerprint density at radius 2 is 1.78 bits per heavy atom. The lowest BCUT2D eigenvalue weighted by Gasteiger charge is -2.48. The zero-order valence-corrected chi connectivity index (χ0v) is 13.1. The van der Waals surface area contributed by atoms with Gasteiger partial charge < -0.3 is 15.4 Å². The normalized spacial score (nSPS) is 21.8. The van der Waals surface area contributed by atoms with Gasteiger partial charge in [0.05, 0.1) is 18.9 Å². The van der Waals surface area contributed by atoms with Gasteiger partial charge in [0.25, 0.3) is 0 Å². The zero-order valence-electron chi connectivity index (χ0n) is 13.1. The first-order valence-electron chi connectivity index (χ1n) is 7.97. The fourth-order valence-corrected chi connectivity index (χ4v) is 3.64. The van der Waals surface area contributed by atoms with Gasteiger partial charge in [0.15, 0.2) is 0 Å². The summed E-state index contributed by atoms with van der Waals surface area (Å²) >= 11 is 0. The molecule has 1 amide bonds. The molecule has 0 spiro atoms. The van der Waals surface area contributed by atoms with Crippen LogP contribution in [0.4, 0.5) is 11.4 Å². The molecule has 0 unspecified atom stereocenters. The summed E-state index contributed by atoms with van der Waals surface area (Å²) in [5, 5.41) is 3.10. The number of morpholine rings is 1. The van der Waals surface area contributed by atoms with Gasteiger partial charge in [0, 0.05) is 26.2 Å². The van der Waals surface area contributed by atoms with Crippen molar-refractivity contribution in [1.29, 1.82) is 0 Å². The van der Waals surface area contributed by atoms with Crippen molar-refractivity contribution in [2.45, 2.75) is 18.4 Å². The van der Waals surface area contributed by atoms with Gasteiger partial charge in [-0.3, -0.25) is 9.69 Å². The molecule has 0 radical (unpaired) electrons. The van der Waals surface area contributed by atoms with Crippen molar-refractivity contribution < 1.29 is 9.53 Å². The molecule has 2 aliphatic heterocycles. The summed E-state index contributed by atoms with van der Waals surface area (Å²) in [6.45, 7) is 4.08. The largest absolute Gasteiger partial charge is 0.379 e. The number of hydrogen-bond acceptors (Lipinski definition) is 6. The number of hydrogen-bond donors (Lipinski definition) is 1. The second kappa shape index (κ2) is 6.64. The summed E-state index contributed by atoms with van der Waals surface area (Å²) < 4.78 is 5.38. The van der Waals surface area contributed by atoms with Crippen LogP contribution in [0.2, 0.25) is 0 Å². The number of rotatable bonds is 4. The number of nitrogens with two attached hydrogens (primary N) is 1. The summed E-state index contributed by atoms with van der Waals surface area (Å²) in [6, 6.07) is 7.29. The number of primary amides is 1. The van der Waals surface area contributed by atoms with Gasteiger partial charge in [-0.25, -0.2) is 0 Å². The lowest BCUT2D eigenvalue weighted by atomic mass is 9.84. The molecule has 2 aliphatic rings. The van der Waals surface area contributed by atoms with Gasteiger partial charge in [0.1, 0.15) is 11.2 Å². The Morgan fingerprint density at radius 1 is 1.13 bits per heavy atom. The number of para-hydroxylation sites is 1. The van der Waals surface area contributed by atoms with E-state index in [4.69, 9.17) is 10.5 Å². The average molecular weight is 318 g/mol. The van der Waals surface area contributed by atoms with E-state index in [0.29, 0.717) is 44.8 Å². The minimum absolute atomic E-state index is 0.263. The van der Waals surface area contributed by atoms with Crippen molar-refractivity contribution in [3.05, 3.63) is 29.2 Å². The monoisotopic (exact) mass is 318 g/mol. The predicted molar refractivity (Wildman–Crippen MR) is 87.7 cm³/mol. The Bertz CT molecular complexity index is 578. The number of nitroso groups, excluding NO2 is 1. The molecule has 1 aromatic carbocycles. The Labute approximate surface area is 135 Å². The predicted octanol–water partition coefficient (Wildman–Crippen LogP) is 1.24. The maximum Gasteiger partial charge on any atom is 0.238 e. The fourth-order valence-electron chi connectivity index (χ4n) is 3.64. The van der Waals surface area contributed by atoms with Gasteiger partial charge in [-0.05, 0) is 30.2 Å². The van der Waals surface area contributed by atoms with Crippen LogP contribution < -0.4 is 10.6 Å². The molecule has 1 aromatic rings. The summed E-state index contributed by atoms with van der Waals surface area (Å²) in [4.78, 5) is 27.5. The Hall–Kier alpha value is -1.99. The van der Waals surface area contributed by atoms with Crippen LogP contribution in [0.25, 0.3) is 0 Å². The number of anilines is 1. The lowest BCUT2D eigenvalue weighted by Crippen LogP contribution is -2.64. The molecule has 0 aliphatic carbocycles. The highest BCUT2D eigenvalue weighted by molar-refractivity contribution is 5.85. The summed E-state index contributed by atoms with van der Waals surface area (Å²) in [7, 11) is 0. The molecule has 0 bridgehead atoms. The van der Waals surface area contributed by atoms with Crippen LogP contribution in [0.1, 0.15) is 12.8 Å². The van der Waals surface area contributed by atoms with Crippen LogP contribution in [-0.4, -0.2) is 55.7 Å². The molecule has 0 saturated carbocycles. The summed E-state index contributed by atoms with van der Waals surface area (Å²) in [5.74, 6) is -0.263. The third kappa shape index (κ3) is 2.94. The number of piperidine rings is 1. The van der Waals surface area contributed by atoms with E-state index in [9.17, 15) is 9.70 Å². The Balaban J connectivity index is 1.77. The van der Waals surface area contributed by atoms with E-state index in [-0.39, 0.29) is 5.91 Å². The number of amides is 1. The summed E-state index contributed by atoms with van der Waals surface area (Å²) in [5.41, 5.74) is 6.41. The van der Waals surface area contributed by atoms with E-state index in [2.05, 4.69) is 15.0 Å². The number of benzene rings is 1. The third-order valence-corrected chi connectivity index (χ3v) is 4.99. The highest BCUT2D eigenvalue weighted by Gasteiger charge is 2.45. The van der Waals surface area contributed by atoms with Crippen molar-refractivity contribution in [2.75, 3.05) is 44.3 Å². The smallest absolute Gasteiger partial charge is 0.238 e. The SMILES string of the molecule is NC(=O)C1(N2CCOCC2)CCN(c2ccccc2N=O)CC1. The van der Waals surface area contributed by atoms with Crippen LogP contribution in [0.15, 0.2) is 29.4 Å². The molecule has 124 valence electrons. The molecular formula is C16H22N4O3. The van der Waals surface area contributed by atoms with Gasteiger partial charge in [-0.1, -0.05) is 12.1 Å². The Kier molecular flexibility index (Phi) is 4.58. The van der Waals surface area contributed by atoms with E-state index >= 15 is 0 Å². The molecule has 3 rings (SSSR count). The highest BCUT2D eigenvalue weighted by Crippen LogP contribution is 2.35. The minimum Gasteiger partial charge on any atom is -0.379 e. The maximum atomic E-state index is 12.2. The van der Waals surface area contributed by atoms with Crippen LogP contribution in [-0.2, 0) is 9.53 Å². The van der Waals surface area contributed by atoms with Crippen LogP contribution in [0, 0.1) is 4.91 Å². The standard InChI is InChI=1S/C16H22N4O3/c17-15(21)16(20-9-11-23-12-10-20)5-7-19(8-6-16)14-4-2-1-3-13(14)18-22/h1-4H,5-12H2,(H2,17,21). The van der Waals surface area contributed by atoms with Crippen molar-refractivity contribution >= 4 is 17.3 Å². The molecular weight excluding hydrogens is 296 g/mol. The van der Waals surface area contributed by atoms with Crippen molar-refractivity contribution in [1.82, 2.24) is 4.90 Å². The van der Waals surface area contributed by atoms with Crippen LogP contribution in [0.3, 0.4) is 0 Å². The van der Waals surface area contributed by atoms with Crippen molar-refractivity contribution in [3.63, 3.8) is 0 Å². The van der Waals surface area contributed by atoms with E-state index in [0.717, 1.165) is 18.8 Å². The second-order valence-corrected chi connectivity index (χ2v) is 6.06. The molecule has 0 aromatic heterocycles. The van der Waals surface area contributed by atoms with E-state index in [1.54, 1.807) is 12.1 Å². The lowest BCUT2D eigenvalue weighted by molar-refractivity contribution is -0.135. The van der Waals surface area contributed by atoms with Gasteiger partial charge in [-0.15, -0.1) is 4.91 Å². The van der Waals surface area contributed by atoms with E-state index < -0.39 is 5.54 Å². The minimum atomic E-state index is -0.607. The molecule has 2 saturated heterocycles. The quantitative estimate of drug-likeness (QED) is 0.844. The van der Waals surface area contributed by atoms with Crippen molar-refractivity contribution in [3.8, 4) is 0 Å². The third-order valence-electron chi connectivity index (χ3n) is 4.99. The fraction of sp³-hybridized carbons (Fsp3) is 0.562. The summed E-state index contributed by atoms with van der Waals surface area (Å²) in [6.07, 6.45) is 1.30. The molecule has 2 N–H and O–H groups in total. The molecule has 0 atom stereocenters. The number of ether oxygens (including phenoxy) is 1. The van der Waals surface area contributed by atoms with Crippen molar-refractivity contribution in [2.24, 2.45) is 10.9 Å². The highest BCUT2D eigenvalue weighted by atomic mass is 16.5. The first-order valence-corrected chi connectivity index (χ1v) is 7.97. The topological polar surface area (TPSA) is 88.2 Å². The average Bonchev–Trinajstić information content (AvgIpc) is 2.62. The van der Waals surface area contributed by atoms with Gasteiger partial charge in [-0.2, -0.15) is 0 Å². The number of nitrogens with zero attached hydrogens (tertiary/aromatic N) is 3. The first kappa shape index (κ1) is 15.9. The molecule has 7 nitrogen and oxygen atoms in total. The van der Waals surface area contributed by atoms with Gasteiger partial charge in [0.2, 0.25) is 5.91 Å². The Morgan fingerprint density at radius 3 is 2.39 bits per heavy atom. The van der Waals surface area contributed by atoms with E-state index in [1.807, 2.05) is 12.1 Å². The number of carbonyl (C=O) groups excluding carboxylic acids is 1. The zero-order chi connectivity index (χ0) is 16.3. The van der Waals surface area contributed by atoms with Gasteiger partial charge >= 0.3 is 0 Å². The maximum absolute atomic E-state index is 12.2. The first-order chi connectivity index (χ1) is 11.2. The molecule has 2 fully saturated rings. The van der Waals surface area contributed by atoms with Crippen LogP contribution in [0.5, 0.6) is 0 Å². The molecule has 7 heteroatoms. The molecule has 2 heterocycles. The second-order valence-electron chi connectivity index (χ2n) is 6.06. The van der Waals surface area contributed by atoms with E-state index in [1.165, 1.54) is 0 Å². The van der Waals surface area contributed by atoms with Crippen LogP contribution >= 0.6 is 0 Å².